The van der Waals surface area contributed by atoms with Crippen molar-refractivity contribution in [3.8, 4) is 0 Å². The first-order valence-electron chi connectivity index (χ1n) is 5.12. The van der Waals surface area contributed by atoms with E-state index >= 15 is 0 Å². The Bertz CT molecular complexity index is 426. The standard InChI is InChI=1S/C11H16N4O2/c1-11(2,10(13)17)5-9(16)15-7-3-4-8(12)14-6-7/h3-4,6H,5H2,1-2H3,(H2,12,14)(H2,13,17)(H,15,16). The van der Waals surface area contributed by atoms with Crippen molar-refractivity contribution in [1.29, 1.82) is 0 Å². The predicted octanol–water partition coefficient (Wildman–Crippen LogP) is 0.504. The molecular weight excluding hydrogens is 220 g/mol. The topological polar surface area (TPSA) is 111 Å². The number of nitrogens with zero attached hydrogens (tertiary/aromatic N) is 1. The Morgan fingerprint density at radius 3 is 2.53 bits per heavy atom. The SMILES string of the molecule is CC(C)(CC(=O)Nc1ccc(N)nc1)C(N)=O. The second-order valence-corrected chi connectivity index (χ2v) is 4.44. The predicted molar refractivity (Wildman–Crippen MR) is 64.9 cm³/mol. The van der Waals surface area contributed by atoms with Crippen LogP contribution in [0.15, 0.2) is 18.3 Å². The Morgan fingerprint density at radius 2 is 2.06 bits per heavy atom. The summed E-state index contributed by atoms with van der Waals surface area (Å²) in [6, 6.07) is 3.21. The van der Waals surface area contributed by atoms with E-state index in [4.69, 9.17) is 11.5 Å². The maximum atomic E-state index is 11.6. The van der Waals surface area contributed by atoms with Crippen LogP contribution in [0.4, 0.5) is 11.5 Å². The third kappa shape index (κ3) is 3.75. The molecule has 92 valence electrons. The van der Waals surface area contributed by atoms with E-state index in [0.29, 0.717) is 11.5 Å². The maximum Gasteiger partial charge on any atom is 0.225 e. The van der Waals surface area contributed by atoms with Crippen molar-refractivity contribution >= 4 is 23.3 Å². The number of aromatic nitrogens is 1. The smallest absolute Gasteiger partial charge is 0.225 e. The lowest BCUT2D eigenvalue weighted by molar-refractivity contribution is -0.130. The van der Waals surface area contributed by atoms with Crippen LogP contribution in [0.1, 0.15) is 20.3 Å². The van der Waals surface area contributed by atoms with Gasteiger partial charge in [-0.15, -0.1) is 0 Å². The van der Waals surface area contributed by atoms with Gasteiger partial charge in [0.05, 0.1) is 17.3 Å². The summed E-state index contributed by atoms with van der Waals surface area (Å²) in [5, 5.41) is 2.62. The Morgan fingerprint density at radius 1 is 1.41 bits per heavy atom. The summed E-state index contributed by atoms with van der Waals surface area (Å²) in [7, 11) is 0. The van der Waals surface area contributed by atoms with Crippen molar-refractivity contribution < 1.29 is 9.59 Å². The van der Waals surface area contributed by atoms with Crippen LogP contribution >= 0.6 is 0 Å². The molecule has 0 saturated carbocycles. The van der Waals surface area contributed by atoms with Gasteiger partial charge >= 0.3 is 0 Å². The van der Waals surface area contributed by atoms with Crippen molar-refractivity contribution in [1.82, 2.24) is 4.98 Å². The van der Waals surface area contributed by atoms with Crippen LogP contribution in [-0.2, 0) is 9.59 Å². The molecule has 1 aromatic rings. The quantitative estimate of drug-likeness (QED) is 0.706. The van der Waals surface area contributed by atoms with E-state index in [1.165, 1.54) is 6.20 Å². The fraction of sp³-hybridized carbons (Fsp3) is 0.364. The average molecular weight is 236 g/mol. The molecule has 1 heterocycles. The lowest BCUT2D eigenvalue weighted by atomic mass is 9.88. The Hall–Kier alpha value is -2.11. The second-order valence-electron chi connectivity index (χ2n) is 4.44. The molecular formula is C11H16N4O2. The zero-order valence-corrected chi connectivity index (χ0v) is 9.86. The molecule has 1 aromatic heterocycles. The largest absolute Gasteiger partial charge is 0.384 e. The number of hydrogen-bond donors (Lipinski definition) is 3. The van der Waals surface area contributed by atoms with Crippen molar-refractivity contribution in [2.45, 2.75) is 20.3 Å². The molecule has 6 heteroatoms. The zero-order chi connectivity index (χ0) is 13.1. The van der Waals surface area contributed by atoms with Gasteiger partial charge in [-0.3, -0.25) is 9.59 Å². The molecule has 1 rings (SSSR count). The van der Waals surface area contributed by atoms with Gasteiger partial charge in [0, 0.05) is 6.42 Å². The number of nitrogens with two attached hydrogens (primary N) is 2. The van der Waals surface area contributed by atoms with Gasteiger partial charge in [-0.25, -0.2) is 4.98 Å². The van der Waals surface area contributed by atoms with Crippen LogP contribution in [-0.4, -0.2) is 16.8 Å². The molecule has 0 aromatic carbocycles. The molecule has 0 unspecified atom stereocenters. The highest BCUT2D eigenvalue weighted by atomic mass is 16.2. The Balaban J connectivity index is 2.62. The third-order valence-electron chi connectivity index (χ3n) is 2.34. The van der Waals surface area contributed by atoms with Gasteiger partial charge in [0.25, 0.3) is 0 Å². The molecule has 0 radical (unpaired) electrons. The molecule has 0 spiro atoms. The molecule has 5 N–H and O–H groups in total. The first kappa shape index (κ1) is 13.0. The van der Waals surface area contributed by atoms with Gasteiger partial charge in [-0.2, -0.15) is 0 Å². The van der Waals surface area contributed by atoms with E-state index in [1.807, 2.05) is 0 Å². The molecule has 6 nitrogen and oxygen atoms in total. The van der Waals surface area contributed by atoms with Gasteiger partial charge in [-0.05, 0) is 12.1 Å². The normalized spacial score (nSPS) is 10.9. The average Bonchev–Trinajstić information content (AvgIpc) is 2.20. The highest BCUT2D eigenvalue weighted by Crippen LogP contribution is 2.20. The molecule has 0 aliphatic rings. The van der Waals surface area contributed by atoms with E-state index in [1.54, 1.807) is 26.0 Å². The third-order valence-corrected chi connectivity index (χ3v) is 2.34. The second kappa shape index (κ2) is 4.82. The first-order valence-corrected chi connectivity index (χ1v) is 5.12. The van der Waals surface area contributed by atoms with E-state index in [2.05, 4.69) is 10.3 Å². The highest BCUT2D eigenvalue weighted by molar-refractivity contribution is 5.94. The number of amides is 2. The fourth-order valence-electron chi connectivity index (χ4n) is 1.17. The molecule has 0 aliphatic heterocycles. The number of anilines is 2. The van der Waals surface area contributed by atoms with Crippen LogP contribution in [0, 0.1) is 5.41 Å². The van der Waals surface area contributed by atoms with Crippen molar-refractivity contribution in [3.63, 3.8) is 0 Å². The number of nitrogen functional groups attached to an aromatic ring is 1. The summed E-state index contributed by atoms with van der Waals surface area (Å²) in [6.07, 6.45) is 1.47. The fourth-order valence-corrected chi connectivity index (χ4v) is 1.17. The minimum atomic E-state index is -0.870. The monoisotopic (exact) mass is 236 g/mol. The minimum Gasteiger partial charge on any atom is -0.384 e. The summed E-state index contributed by atoms with van der Waals surface area (Å²) in [5.74, 6) is -0.427. The zero-order valence-electron chi connectivity index (χ0n) is 9.86. The highest BCUT2D eigenvalue weighted by Gasteiger charge is 2.28. The molecule has 0 bridgehead atoms. The Kier molecular flexibility index (Phi) is 3.67. The summed E-state index contributed by atoms with van der Waals surface area (Å²) in [4.78, 5) is 26.5. The minimum absolute atomic E-state index is 0.0205. The van der Waals surface area contributed by atoms with Crippen molar-refractivity contribution in [2.75, 3.05) is 11.1 Å². The number of primary amides is 1. The number of hydrogen-bond acceptors (Lipinski definition) is 4. The molecule has 0 saturated heterocycles. The van der Waals surface area contributed by atoms with Crippen molar-refractivity contribution in [2.24, 2.45) is 11.1 Å². The number of carbonyl (C=O) groups is 2. The van der Waals surface area contributed by atoms with Crippen LogP contribution < -0.4 is 16.8 Å². The summed E-state index contributed by atoms with van der Waals surface area (Å²) in [5.41, 5.74) is 10.3. The summed E-state index contributed by atoms with van der Waals surface area (Å²) in [6.45, 7) is 3.24. The van der Waals surface area contributed by atoms with Gasteiger partial charge < -0.3 is 16.8 Å². The number of rotatable bonds is 4. The molecule has 0 aliphatic carbocycles. The number of nitrogens with one attached hydrogen (secondary N) is 1. The van der Waals surface area contributed by atoms with Gasteiger partial charge in [0.2, 0.25) is 11.8 Å². The summed E-state index contributed by atoms with van der Waals surface area (Å²) < 4.78 is 0. The Labute approximate surface area is 99.4 Å². The van der Waals surface area contributed by atoms with E-state index < -0.39 is 11.3 Å². The van der Waals surface area contributed by atoms with Gasteiger partial charge in [0.15, 0.2) is 0 Å². The molecule has 2 amide bonds. The first-order chi connectivity index (χ1) is 7.81. The van der Waals surface area contributed by atoms with Crippen LogP contribution in [0.2, 0.25) is 0 Å². The molecule has 0 atom stereocenters. The van der Waals surface area contributed by atoms with E-state index in [9.17, 15) is 9.59 Å². The van der Waals surface area contributed by atoms with Crippen molar-refractivity contribution in [3.05, 3.63) is 18.3 Å². The molecule has 0 fully saturated rings. The lowest BCUT2D eigenvalue weighted by Gasteiger charge is -2.19. The molecule has 17 heavy (non-hydrogen) atoms. The summed E-state index contributed by atoms with van der Waals surface area (Å²) >= 11 is 0. The van der Waals surface area contributed by atoms with Crippen LogP contribution in [0.3, 0.4) is 0 Å². The van der Waals surface area contributed by atoms with E-state index in [-0.39, 0.29) is 12.3 Å². The van der Waals surface area contributed by atoms with Crippen LogP contribution in [0.5, 0.6) is 0 Å². The van der Waals surface area contributed by atoms with E-state index in [0.717, 1.165) is 0 Å². The maximum absolute atomic E-state index is 11.6. The number of carbonyl (C=O) groups excluding carboxylic acids is 2. The van der Waals surface area contributed by atoms with Gasteiger partial charge in [0.1, 0.15) is 5.82 Å². The van der Waals surface area contributed by atoms with Crippen LogP contribution in [0.25, 0.3) is 0 Å². The van der Waals surface area contributed by atoms with Gasteiger partial charge in [-0.1, -0.05) is 13.8 Å². The number of pyridine rings is 1. The lowest BCUT2D eigenvalue weighted by Crippen LogP contribution is -2.35.